The zero-order valence-electron chi connectivity index (χ0n) is 13.3. The molecule has 0 saturated heterocycles. The van der Waals surface area contributed by atoms with Crippen LogP contribution in [0.3, 0.4) is 0 Å². The minimum Gasteiger partial charge on any atom is -0.339 e. The van der Waals surface area contributed by atoms with E-state index < -0.39 is 10.0 Å². The van der Waals surface area contributed by atoms with E-state index in [-0.39, 0.29) is 17.7 Å². The summed E-state index contributed by atoms with van der Waals surface area (Å²) >= 11 is 0. The van der Waals surface area contributed by atoms with Gasteiger partial charge in [-0.1, -0.05) is 50.2 Å². The minimum absolute atomic E-state index is 0.0216. The van der Waals surface area contributed by atoms with Crippen LogP contribution in [0.25, 0.3) is 0 Å². The fourth-order valence-electron chi connectivity index (χ4n) is 1.83. The van der Waals surface area contributed by atoms with Crippen molar-refractivity contribution in [3.63, 3.8) is 0 Å². The van der Waals surface area contributed by atoms with Gasteiger partial charge in [0, 0.05) is 5.41 Å². The monoisotopic (exact) mass is 323 g/mol. The lowest BCUT2D eigenvalue weighted by molar-refractivity contribution is 0.318. The maximum absolute atomic E-state index is 12.1. The molecule has 0 atom stereocenters. The summed E-state index contributed by atoms with van der Waals surface area (Å²) in [6, 6.07) is 7.40. The summed E-state index contributed by atoms with van der Waals surface area (Å²) in [5, 5.41) is 3.80. The second kappa shape index (κ2) is 6.18. The number of aryl methyl sites for hydroxylation is 1. The molecule has 0 radical (unpaired) electrons. The number of rotatable bonds is 5. The SMILES string of the molecule is Cc1ccccc1CS(=O)(=O)NCc1noc(C(C)(C)C)n1. The molecule has 2 aromatic rings. The van der Waals surface area contributed by atoms with E-state index in [1.165, 1.54) is 0 Å². The first-order valence-electron chi connectivity index (χ1n) is 7.02. The van der Waals surface area contributed by atoms with E-state index in [2.05, 4.69) is 14.9 Å². The van der Waals surface area contributed by atoms with Gasteiger partial charge in [-0.3, -0.25) is 0 Å². The number of hydrogen-bond donors (Lipinski definition) is 1. The molecule has 0 fully saturated rings. The third-order valence-corrected chi connectivity index (χ3v) is 4.44. The molecule has 0 spiro atoms. The Morgan fingerprint density at radius 3 is 2.50 bits per heavy atom. The van der Waals surface area contributed by atoms with Crippen LogP contribution in [-0.2, 0) is 27.7 Å². The van der Waals surface area contributed by atoms with Gasteiger partial charge in [-0.25, -0.2) is 13.1 Å². The molecule has 1 heterocycles. The molecule has 0 unspecified atom stereocenters. The Hall–Kier alpha value is -1.73. The van der Waals surface area contributed by atoms with Crippen molar-refractivity contribution in [1.29, 1.82) is 0 Å². The molecule has 22 heavy (non-hydrogen) atoms. The van der Waals surface area contributed by atoms with Crippen molar-refractivity contribution < 1.29 is 12.9 Å². The molecule has 0 bridgehead atoms. The normalized spacial score (nSPS) is 12.5. The maximum atomic E-state index is 12.1. The van der Waals surface area contributed by atoms with Crippen molar-refractivity contribution in [2.45, 2.75) is 45.4 Å². The first kappa shape index (κ1) is 16.6. The summed E-state index contributed by atoms with van der Waals surface area (Å²) < 4.78 is 31.9. The fourth-order valence-corrected chi connectivity index (χ4v) is 3.02. The predicted molar refractivity (Wildman–Crippen MR) is 83.6 cm³/mol. The topological polar surface area (TPSA) is 85.1 Å². The lowest BCUT2D eigenvalue weighted by atomic mass is 9.97. The van der Waals surface area contributed by atoms with Gasteiger partial charge in [-0.2, -0.15) is 4.98 Å². The van der Waals surface area contributed by atoms with E-state index in [1.807, 2.05) is 45.9 Å². The minimum atomic E-state index is -3.45. The summed E-state index contributed by atoms with van der Waals surface area (Å²) in [6.07, 6.45) is 0. The Labute approximate surface area is 131 Å². The van der Waals surface area contributed by atoms with Gasteiger partial charge in [0.1, 0.15) is 0 Å². The third-order valence-electron chi connectivity index (χ3n) is 3.17. The van der Waals surface area contributed by atoms with E-state index in [4.69, 9.17) is 4.52 Å². The average molecular weight is 323 g/mol. The zero-order chi connectivity index (χ0) is 16.4. The van der Waals surface area contributed by atoms with Gasteiger partial charge in [0.05, 0.1) is 12.3 Å². The van der Waals surface area contributed by atoms with Crippen LogP contribution in [0.15, 0.2) is 28.8 Å². The second-order valence-electron chi connectivity index (χ2n) is 6.27. The van der Waals surface area contributed by atoms with Crippen molar-refractivity contribution in [2.75, 3.05) is 0 Å². The number of aromatic nitrogens is 2. The lowest BCUT2D eigenvalue weighted by Gasteiger charge is -2.10. The van der Waals surface area contributed by atoms with Crippen molar-refractivity contribution >= 4 is 10.0 Å². The first-order valence-corrected chi connectivity index (χ1v) is 8.67. The average Bonchev–Trinajstić information content (AvgIpc) is 2.88. The smallest absolute Gasteiger partial charge is 0.232 e. The Bertz CT molecular complexity index is 745. The molecule has 6 nitrogen and oxygen atoms in total. The van der Waals surface area contributed by atoms with Gasteiger partial charge in [0.25, 0.3) is 0 Å². The van der Waals surface area contributed by atoms with Gasteiger partial charge >= 0.3 is 0 Å². The molecule has 1 aromatic carbocycles. The van der Waals surface area contributed by atoms with Crippen molar-refractivity contribution in [2.24, 2.45) is 0 Å². The van der Waals surface area contributed by atoms with Gasteiger partial charge in [0.15, 0.2) is 5.82 Å². The van der Waals surface area contributed by atoms with E-state index in [0.717, 1.165) is 11.1 Å². The molecular formula is C15H21N3O3S. The summed E-state index contributed by atoms with van der Waals surface area (Å²) in [7, 11) is -3.45. The molecule has 0 saturated carbocycles. The van der Waals surface area contributed by atoms with Crippen LogP contribution in [0.4, 0.5) is 0 Å². The molecule has 7 heteroatoms. The summed E-state index contributed by atoms with van der Waals surface area (Å²) in [5.41, 5.74) is 1.46. The van der Waals surface area contributed by atoms with Crippen LogP contribution in [0.5, 0.6) is 0 Å². The van der Waals surface area contributed by atoms with Crippen LogP contribution >= 0.6 is 0 Å². The van der Waals surface area contributed by atoms with Gasteiger partial charge in [0.2, 0.25) is 15.9 Å². The molecule has 1 aromatic heterocycles. The molecule has 2 rings (SSSR count). The van der Waals surface area contributed by atoms with Crippen LogP contribution in [0.2, 0.25) is 0 Å². The molecule has 0 amide bonds. The summed E-state index contributed by atoms with van der Waals surface area (Å²) in [4.78, 5) is 4.20. The van der Waals surface area contributed by atoms with E-state index >= 15 is 0 Å². The quantitative estimate of drug-likeness (QED) is 0.912. The highest BCUT2D eigenvalue weighted by Gasteiger charge is 2.22. The molecular weight excluding hydrogens is 302 g/mol. The number of sulfonamides is 1. The van der Waals surface area contributed by atoms with Crippen LogP contribution in [-0.4, -0.2) is 18.6 Å². The number of benzene rings is 1. The standard InChI is InChI=1S/C15H21N3O3S/c1-11-7-5-6-8-12(11)10-22(19,20)16-9-13-17-14(21-18-13)15(2,3)4/h5-8,16H,9-10H2,1-4H3. The first-order chi connectivity index (χ1) is 10.2. The van der Waals surface area contributed by atoms with E-state index in [9.17, 15) is 8.42 Å². The van der Waals surface area contributed by atoms with Crippen molar-refractivity contribution in [1.82, 2.24) is 14.9 Å². The number of nitrogens with one attached hydrogen (secondary N) is 1. The largest absolute Gasteiger partial charge is 0.339 e. The predicted octanol–water partition coefficient (Wildman–Crippen LogP) is 2.30. The highest BCUT2D eigenvalue weighted by atomic mass is 32.2. The van der Waals surface area contributed by atoms with Gasteiger partial charge < -0.3 is 4.52 Å². The van der Waals surface area contributed by atoms with Crippen LogP contribution in [0, 0.1) is 6.92 Å². The van der Waals surface area contributed by atoms with Crippen molar-refractivity contribution in [3.8, 4) is 0 Å². The van der Waals surface area contributed by atoms with Gasteiger partial charge in [-0.15, -0.1) is 0 Å². The second-order valence-corrected chi connectivity index (χ2v) is 8.08. The molecule has 0 aliphatic rings. The van der Waals surface area contributed by atoms with E-state index in [1.54, 1.807) is 6.07 Å². The zero-order valence-corrected chi connectivity index (χ0v) is 14.1. The van der Waals surface area contributed by atoms with Gasteiger partial charge in [-0.05, 0) is 18.1 Å². The van der Waals surface area contributed by atoms with Crippen molar-refractivity contribution in [3.05, 3.63) is 47.1 Å². The fraction of sp³-hybridized carbons (Fsp3) is 0.467. The lowest BCUT2D eigenvalue weighted by Crippen LogP contribution is -2.25. The van der Waals surface area contributed by atoms with Crippen LogP contribution < -0.4 is 4.72 Å². The summed E-state index contributed by atoms with van der Waals surface area (Å²) in [6.45, 7) is 7.76. The third kappa shape index (κ3) is 4.38. The Kier molecular flexibility index (Phi) is 4.67. The molecule has 120 valence electrons. The highest BCUT2D eigenvalue weighted by Crippen LogP contribution is 2.19. The Balaban J connectivity index is 2.01. The Morgan fingerprint density at radius 2 is 1.91 bits per heavy atom. The number of hydrogen-bond acceptors (Lipinski definition) is 5. The van der Waals surface area contributed by atoms with Crippen LogP contribution in [0.1, 0.15) is 43.6 Å². The molecule has 0 aliphatic heterocycles. The molecule has 1 N–H and O–H groups in total. The highest BCUT2D eigenvalue weighted by molar-refractivity contribution is 7.88. The summed E-state index contributed by atoms with van der Waals surface area (Å²) in [5.74, 6) is 0.753. The Morgan fingerprint density at radius 1 is 1.23 bits per heavy atom. The van der Waals surface area contributed by atoms with E-state index in [0.29, 0.717) is 11.7 Å². The maximum Gasteiger partial charge on any atom is 0.232 e. The number of nitrogens with zero attached hydrogens (tertiary/aromatic N) is 2. The molecule has 0 aliphatic carbocycles.